The van der Waals surface area contributed by atoms with Gasteiger partial charge in [-0.15, -0.1) is 0 Å². The molecule has 0 fully saturated rings. The molecule has 0 atom stereocenters. The van der Waals surface area contributed by atoms with Gasteiger partial charge in [0.1, 0.15) is 0 Å². The lowest BCUT2D eigenvalue weighted by molar-refractivity contribution is -0.111. The molecular formula is C28H35NO3. The van der Waals surface area contributed by atoms with Crippen LogP contribution in [0.1, 0.15) is 64.2 Å². The van der Waals surface area contributed by atoms with E-state index in [1.54, 1.807) is 37.3 Å². The van der Waals surface area contributed by atoms with Crippen LogP contribution in [0.3, 0.4) is 0 Å². The molecule has 0 spiro atoms. The van der Waals surface area contributed by atoms with Crippen LogP contribution in [0, 0.1) is 5.41 Å². The third kappa shape index (κ3) is 8.18. The van der Waals surface area contributed by atoms with Gasteiger partial charge < -0.3 is 10.1 Å². The van der Waals surface area contributed by atoms with Crippen molar-refractivity contribution in [1.29, 1.82) is 0 Å². The van der Waals surface area contributed by atoms with E-state index < -0.39 is 0 Å². The number of benzene rings is 1. The van der Waals surface area contributed by atoms with Gasteiger partial charge in [-0.1, -0.05) is 55.9 Å². The number of allylic oxidation sites excluding steroid dienone is 9. The van der Waals surface area contributed by atoms with E-state index in [0.717, 1.165) is 17.6 Å². The van der Waals surface area contributed by atoms with E-state index in [1.165, 1.54) is 18.4 Å². The lowest BCUT2D eigenvalue weighted by Gasteiger charge is -2.30. The molecule has 0 saturated heterocycles. The summed E-state index contributed by atoms with van der Waals surface area (Å²) in [7, 11) is 0. The molecular weight excluding hydrogens is 398 g/mol. The third-order valence-electron chi connectivity index (χ3n) is 5.42. The summed E-state index contributed by atoms with van der Waals surface area (Å²) in [5.41, 5.74) is 4.73. The number of hydrogen-bond donors (Lipinski definition) is 1. The SMILES string of the molecule is CCOC(=O)c1ccc(NC(=O)/C=C(C)/C=C/C=C(C)/C=C/C2=CCCCC2(C)C)cc1. The summed E-state index contributed by atoms with van der Waals surface area (Å²) in [6.45, 7) is 10.7. The molecule has 0 saturated carbocycles. The Morgan fingerprint density at radius 3 is 2.47 bits per heavy atom. The zero-order valence-corrected chi connectivity index (χ0v) is 19.9. The molecule has 0 radical (unpaired) electrons. The van der Waals surface area contributed by atoms with E-state index in [9.17, 15) is 9.59 Å². The molecule has 0 aromatic heterocycles. The van der Waals surface area contributed by atoms with Crippen molar-refractivity contribution in [2.45, 2.75) is 53.9 Å². The second-order valence-electron chi connectivity index (χ2n) is 8.71. The van der Waals surface area contributed by atoms with Crippen LogP contribution >= 0.6 is 0 Å². The summed E-state index contributed by atoms with van der Waals surface area (Å²) in [4.78, 5) is 23.9. The molecule has 4 heteroatoms. The second-order valence-corrected chi connectivity index (χ2v) is 8.71. The van der Waals surface area contributed by atoms with Gasteiger partial charge in [-0.05, 0) is 80.9 Å². The molecule has 4 nitrogen and oxygen atoms in total. The first-order valence-corrected chi connectivity index (χ1v) is 11.2. The number of anilines is 1. The van der Waals surface area contributed by atoms with Crippen molar-refractivity contribution >= 4 is 17.6 Å². The molecule has 0 aliphatic heterocycles. The van der Waals surface area contributed by atoms with E-state index in [0.29, 0.717) is 17.9 Å². The molecule has 1 aromatic rings. The number of ether oxygens (including phenoxy) is 1. The Kier molecular flexibility index (Phi) is 9.45. The Balaban J connectivity index is 1.90. The van der Waals surface area contributed by atoms with Gasteiger partial charge in [0.2, 0.25) is 5.91 Å². The van der Waals surface area contributed by atoms with E-state index in [4.69, 9.17) is 4.74 Å². The minimum Gasteiger partial charge on any atom is -0.462 e. The third-order valence-corrected chi connectivity index (χ3v) is 5.42. The van der Waals surface area contributed by atoms with Crippen molar-refractivity contribution in [3.8, 4) is 0 Å². The molecule has 1 aliphatic carbocycles. The molecule has 170 valence electrons. The largest absolute Gasteiger partial charge is 0.462 e. The maximum absolute atomic E-state index is 12.2. The van der Waals surface area contributed by atoms with Crippen LogP contribution in [-0.4, -0.2) is 18.5 Å². The fourth-order valence-corrected chi connectivity index (χ4v) is 3.48. The van der Waals surface area contributed by atoms with Crippen LogP contribution in [0.5, 0.6) is 0 Å². The van der Waals surface area contributed by atoms with Crippen LogP contribution in [-0.2, 0) is 9.53 Å². The van der Waals surface area contributed by atoms with Crippen molar-refractivity contribution in [2.24, 2.45) is 5.41 Å². The lowest BCUT2D eigenvalue weighted by Crippen LogP contribution is -2.16. The van der Waals surface area contributed by atoms with Gasteiger partial charge in [-0.25, -0.2) is 4.79 Å². The highest BCUT2D eigenvalue weighted by atomic mass is 16.5. The second kappa shape index (κ2) is 12.0. The maximum Gasteiger partial charge on any atom is 0.338 e. The average Bonchev–Trinajstić information content (AvgIpc) is 2.73. The Hall–Kier alpha value is -3.14. The summed E-state index contributed by atoms with van der Waals surface area (Å²) in [5, 5.41) is 2.80. The zero-order valence-electron chi connectivity index (χ0n) is 19.9. The number of hydrogen-bond acceptors (Lipinski definition) is 3. The van der Waals surface area contributed by atoms with Gasteiger partial charge in [0.15, 0.2) is 0 Å². The summed E-state index contributed by atoms with van der Waals surface area (Å²) in [5.74, 6) is -0.591. The highest BCUT2D eigenvalue weighted by molar-refractivity contribution is 6.00. The van der Waals surface area contributed by atoms with Crippen LogP contribution < -0.4 is 5.32 Å². The molecule has 1 N–H and O–H groups in total. The quantitative estimate of drug-likeness (QED) is 0.274. The van der Waals surface area contributed by atoms with Crippen molar-refractivity contribution in [3.63, 3.8) is 0 Å². The molecule has 32 heavy (non-hydrogen) atoms. The smallest absolute Gasteiger partial charge is 0.338 e. The van der Waals surface area contributed by atoms with E-state index >= 15 is 0 Å². The van der Waals surface area contributed by atoms with Crippen LogP contribution in [0.25, 0.3) is 0 Å². The van der Waals surface area contributed by atoms with Crippen LogP contribution in [0.2, 0.25) is 0 Å². The summed E-state index contributed by atoms with van der Waals surface area (Å²) >= 11 is 0. The summed E-state index contributed by atoms with van der Waals surface area (Å²) in [6, 6.07) is 6.64. The zero-order chi connectivity index (χ0) is 23.6. The number of esters is 1. The normalized spacial score (nSPS) is 16.8. The molecule has 0 unspecified atom stereocenters. The molecule has 0 bridgehead atoms. The molecule has 1 aromatic carbocycles. The van der Waals surface area contributed by atoms with Crippen molar-refractivity contribution < 1.29 is 14.3 Å². The topological polar surface area (TPSA) is 55.4 Å². The van der Waals surface area contributed by atoms with E-state index in [2.05, 4.69) is 44.3 Å². The number of rotatable bonds is 8. The Labute approximate surface area is 192 Å². The van der Waals surface area contributed by atoms with Gasteiger partial charge in [-0.2, -0.15) is 0 Å². The molecule has 1 amide bonds. The van der Waals surface area contributed by atoms with Gasteiger partial charge >= 0.3 is 5.97 Å². The highest BCUT2D eigenvalue weighted by Crippen LogP contribution is 2.37. The summed E-state index contributed by atoms with van der Waals surface area (Å²) < 4.78 is 4.96. The fourth-order valence-electron chi connectivity index (χ4n) is 3.48. The maximum atomic E-state index is 12.2. The predicted molar refractivity (Wildman–Crippen MR) is 133 cm³/mol. The fraction of sp³-hybridized carbons (Fsp3) is 0.357. The number of carbonyl (C=O) groups excluding carboxylic acids is 2. The number of carbonyl (C=O) groups is 2. The first kappa shape index (κ1) is 25.1. The van der Waals surface area contributed by atoms with Crippen molar-refractivity contribution in [1.82, 2.24) is 0 Å². The standard InChI is InChI=1S/C28H35NO3/c1-6-32-27(31)23-14-17-25(18-15-23)29-26(30)20-22(3)11-9-10-21(2)13-16-24-12-7-8-19-28(24,4)5/h9-18,20H,6-8,19H2,1-5H3,(H,29,30)/b11-9+,16-13+,21-10+,22-20+. The van der Waals surface area contributed by atoms with Crippen LogP contribution in [0.4, 0.5) is 5.69 Å². The minimum absolute atomic E-state index is 0.219. The van der Waals surface area contributed by atoms with Crippen LogP contribution in [0.15, 0.2) is 83.5 Å². The van der Waals surface area contributed by atoms with Crippen molar-refractivity contribution in [2.75, 3.05) is 11.9 Å². The monoisotopic (exact) mass is 433 g/mol. The van der Waals surface area contributed by atoms with Gasteiger partial charge in [0.05, 0.1) is 12.2 Å². The van der Waals surface area contributed by atoms with Crippen molar-refractivity contribution in [3.05, 3.63) is 89.1 Å². The van der Waals surface area contributed by atoms with Gasteiger partial charge in [0.25, 0.3) is 0 Å². The summed E-state index contributed by atoms with van der Waals surface area (Å²) in [6.07, 6.45) is 17.8. The lowest BCUT2D eigenvalue weighted by atomic mass is 9.75. The molecule has 1 aliphatic rings. The van der Waals surface area contributed by atoms with Gasteiger partial charge in [0, 0.05) is 11.8 Å². The first-order chi connectivity index (χ1) is 15.2. The number of amides is 1. The Bertz CT molecular complexity index is 957. The Morgan fingerprint density at radius 1 is 1.09 bits per heavy atom. The number of nitrogens with one attached hydrogen (secondary N) is 1. The van der Waals surface area contributed by atoms with E-state index in [1.807, 2.05) is 25.2 Å². The predicted octanol–water partition coefficient (Wildman–Crippen LogP) is 6.94. The van der Waals surface area contributed by atoms with Gasteiger partial charge in [-0.3, -0.25) is 4.79 Å². The minimum atomic E-state index is -0.372. The Morgan fingerprint density at radius 2 is 1.81 bits per heavy atom. The molecule has 0 heterocycles. The highest BCUT2D eigenvalue weighted by Gasteiger charge is 2.23. The molecule has 2 rings (SSSR count). The first-order valence-electron chi connectivity index (χ1n) is 11.2. The van der Waals surface area contributed by atoms with E-state index in [-0.39, 0.29) is 17.3 Å². The average molecular weight is 434 g/mol.